The highest BCUT2D eigenvalue weighted by Crippen LogP contribution is 2.22. The molecule has 94 valence electrons. The van der Waals surface area contributed by atoms with Crippen LogP contribution in [0.4, 0.5) is 0 Å². The van der Waals surface area contributed by atoms with E-state index in [-0.39, 0.29) is 17.4 Å². The number of benzene rings is 1. The van der Waals surface area contributed by atoms with Gasteiger partial charge in [0, 0.05) is 12.0 Å². The van der Waals surface area contributed by atoms with Crippen LogP contribution in [0.3, 0.4) is 0 Å². The van der Waals surface area contributed by atoms with Crippen LogP contribution in [-0.4, -0.2) is 12.4 Å². The SMILES string of the molecule is CC(OCCC(C)(C)C(=N)N)c1ccccc1. The second kappa shape index (κ2) is 5.82. The van der Waals surface area contributed by atoms with Gasteiger partial charge in [0.2, 0.25) is 0 Å². The Bertz CT molecular complexity index is 360. The molecule has 0 radical (unpaired) electrons. The van der Waals surface area contributed by atoms with Crippen LogP contribution in [0, 0.1) is 10.8 Å². The van der Waals surface area contributed by atoms with Gasteiger partial charge in [-0.15, -0.1) is 0 Å². The van der Waals surface area contributed by atoms with E-state index in [2.05, 4.69) is 12.1 Å². The summed E-state index contributed by atoms with van der Waals surface area (Å²) in [5.74, 6) is 0.216. The minimum Gasteiger partial charge on any atom is -0.387 e. The fourth-order valence-electron chi connectivity index (χ4n) is 1.45. The second-order valence-electron chi connectivity index (χ2n) is 4.97. The molecule has 0 aromatic heterocycles. The summed E-state index contributed by atoms with van der Waals surface area (Å²) in [6.45, 7) is 6.58. The Kier molecular flexibility index (Phi) is 4.70. The van der Waals surface area contributed by atoms with Crippen LogP contribution in [0.15, 0.2) is 30.3 Å². The topological polar surface area (TPSA) is 59.1 Å². The molecule has 3 nitrogen and oxygen atoms in total. The lowest BCUT2D eigenvalue weighted by molar-refractivity contribution is 0.0536. The van der Waals surface area contributed by atoms with Crippen LogP contribution >= 0.6 is 0 Å². The second-order valence-corrected chi connectivity index (χ2v) is 4.97. The van der Waals surface area contributed by atoms with Crippen molar-refractivity contribution in [3.8, 4) is 0 Å². The number of rotatable bonds is 6. The Morgan fingerprint density at radius 2 is 1.94 bits per heavy atom. The molecule has 0 bridgehead atoms. The highest BCUT2D eigenvalue weighted by Gasteiger charge is 2.21. The van der Waals surface area contributed by atoms with Gasteiger partial charge in [-0.25, -0.2) is 0 Å². The van der Waals surface area contributed by atoms with Gasteiger partial charge in [0.1, 0.15) is 0 Å². The number of amidine groups is 1. The molecule has 17 heavy (non-hydrogen) atoms. The van der Waals surface area contributed by atoms with E-state index in [1.807, 2.05) is 39.0 Å². The molecular formula is C14H22N2O. The third-order valence-corrected chi connectivity index (χ3v) is 3.09. The molecule has 0 spiro atoms. The van der Waals surface area contributed by atoms with Crippen molar-refractivity contribution in [2.75, 3.05) is 6.61 Å². The highest BCUT2D eigenvalue weighted by atomic mass is 16.5. The van der Waals surface area contributed by atoms with Gasteiger partial charge in [-0.1, -0.05) is 44.2 Å². The van der Waals surface area contributed by atoms with Gasteiger partial charge in [0.25, 0.3) is 0 Å². The number of hydrogen-bond acceptors (Lipinski definition) is 2. The van der Waals surface area contributed by atoms with Crippen molar-refractivity contribution >= 4 is 5.84 Å². The fourth-order valence-corrected chi connectivity index (χ4v) is 1.45. The Morgan fingerprint density at radius 3 is 2.47 bits per heavy atom. The molecule has 0 aliphatic heterocycles. The molecule has 0 aliphatic rings. The largest absolute Gasteiger partial charge is 0.387 e. The zero-order valence-electron chi connectivity index (χ0n) is 10.9. The third kappa shape index (κ3) is 4.19. The zero-order valence-corrected chi connectivity index (χ0v) is 10.9. The summed E-state index contributed by atoms with van der Waals surface area (Å²) in [5, 5.41) is 7.47. The number of nitrogens with two attached hydrogens (primary N) is 1. The smallest absolute Gasteiger partial charge is 0.0963 e. The number of hydrogen-bond donors (Lipinski definition) is 2. The third-order valence-electron chi connectivity index (χ3n) is 3.09. The standard InChI is InChI=1S/C14H22N2O/c1-11(12-7-5-4-6-8-12)17-10-9-14(2,3)13(15)16/h4-8,11H,9-10H2,1-3H3,(H3,15,16). The summed E-state index contributed by atoms with van der Waals surface area (Å²) in [7, 11) is 0. The summed E-state index contributed by atoms with van der Waals surface area (Å²) in [4.78, 5) is 0. The van der Waals surface area contributed by atoms with Crippen LogP contribution in [0.1, 0.15) is 38.9 Å². The first-order valence-electron chi connectivity index (χ1n) is 5.94. The molecule has 1 rings (SSSR count). The predicted molar refractivity (Wildman–Crippen MR) is 71.1 cm³/mol. The summed E-state index contributed by atoms with van der Waals surface area (Å²) in [6.07, 6.45) is 0.846. The summed E-state index contributed by atoms with van der Waals surface area (Å²) in [6, 6.07) is 10.1. The van der Waals surface area contributed by atoms with Gasteiger partial charge in [-0.05, 0) is 18.9 Å². The van der Waals surface area contributed by atoms with E-state index in [1.54, 1.807) is 0 Å². The van der Waals surface area contributed by atoms with Gasteiger partial charge < -0.3 is 10.5 Å². The molecule has 0 heterocycles. The van der Waals surface area contributed by atoms with Crippen LogP contribution in [0.5, 0.6) is 0 Å². The van der Waals surface area contributed by atoms with Crippen molar-refractivity contribution in [2.45, 2.75) is 33.3 Å². The van der Waals surface area contributed by atoms with E-state index in [0.717, 1.165) is 6.42 Å². The maximum Gasteiger partial charge on any atom is 0.0963 e. The van der Waals surface area contributed by atoms with Gasteiger partial charge in [0.05, 0.1) is 11.9 Å². The molecule has 1 atom stereocenters. The molecule has 1 unspecified atom stereocenters. The first-order chi connectivity index (χ1) is 7.93. The van der Waals surface area contributed by atoms with Crippen LogP contribution in [0.2, 0.25) is 0 Å². The van der Waals surface area contributed by atoms with E-state index in [4.69, 9.17) is 15.9 Å². The lowest BCUT2D eigenvalue weighted by Gasteiger charge is -2.23. The van der Waals surface area contributed by atoms with Crippen molar-refractivity contribution in [2.24, 2.45) is 11.1 Å². The molecule has 0 fully saturated rings. The van der Waals surface area contributed by atoms with Crippen LogP contribution in [-0.2, 0) is 4.74 Å². The van der Waals surface area contributed by atoms with E-state index in [1.165, 1.54) is 5.56 Å². The fraction of sp³-hybridized carbons (Fsp3) is 0.500. The summed E-state index contributed by atoms with van der Waals surface area (Å²) in [5.41, 5.74) is 6.42. The summed E-state index contributed by atoms with van der Waals surface area (Å²) >= 11 is 0. The van der Waals surface area contributed by atoms with Gasteiger partial charge in [-0.3, -0.25) is 5.41 Å². The molecule has 0 amide bonds. The molecule has 0 saturated heterocycles. The lowest BCUT2D eigenvalue weighted by atomic mass is 9.88. The normalized spacial score (nSPS) is 13.4. The van der Waals surface area contributed by atoms with Crippen molar-refractivity contribution in [3.63, 3.8) is 0 Å². The number of nitrogens with one attached hydrogen (secondary N) is 1. The van der Waals surface area contributed by atoms with E-state index >= 15 is 0 Å². The van der Waals surface area contributed by atoms with Gasteiger partial charge in [-0.2, -0.15) is 0 Å². The van der Waals surface area contributed by atoms with E-state index < -0.39 is 0 Å². The first-order valence-corrected chi connectivity index (χ1v) is 5.94. The molecule has 0 saturated carbocycles. The van der Waals surface area contributed by atoms with Crippen molar-refractivity contribution in [1.82, 2.24) is 0 Å². The predicted octanol–water partition coefficient (Wildman–Crippen LogP) is 3.12. The lowest BCUT2D eigenvalue weighted by Crippen LogP contribution is -2.32. The summed E-state index contributed by atoms with van der Waals surface area (Å²) < 4.78 is 5.76. The minimum absolute atomic E-state index is 0.0824. The van der Waals surface area contributed by atoms with Gasteiger partial charge in [0.15, 0.2) is 0 Å². The Morgan fingerprint density at radius 1 is 1.35 bits per heavy atom. The van der Waals surface area contributed by atoms with Crippen molar-refractivity contribution in [1.29, 1.82) is 5.41 Å². The maximum atomic E-state index is 7.47. The molecule has 0 aliphatic carbocycles. The zero-order chi connectivity index (χ0) is 12.9. The Labute approximate surface area is 103 Å². The maximum absolute atomic E-state index is 7.47. The molecule has 1 aromatic carbocycles. The Balaban J connectivity index is 2.40. The molecular weight excluding hydrogens is 212 g/mol. The van der Waals surface area contributed by atoms with E-state index in [9.17, 15) is 0 Å². The monoisotopic (exact) mass is 234 g/mol. The van der Waals surface area contributed by atoms with Gasteiger partial charge >= 0.3 is 0 Å². The molecule has 3 N–H and O–H groups in total. The molecule has 1 aromatic rings. The average Bonchev–Trinajstić information content (AvgIpc) is 2.29. The van der Waals surface area contributed by atoms with Crippen LogP contribution < -0.4 is 5.73 Å². The quantitative estimate of drug-likeness (QED) is 0.587. The first kappa shape index (κ1) is 13.7. The Hall–Kier alpha value is -1.35. The van der Waals surface area contributed by atoms with Crippen LogP contribution in [0.25, 0.3) is 0 Å². The molecule has 3 heteroatoms. The number of ether oxygens (including phenoxy) is 1. The van der Waals surface area contributed by atoms with E-state index in [0.29, 0.717) is 6.61 Å². The average molecular weight is 234 g/mol. The highest BCUT2D eigenvalue weighted by molar-refractivity contribution is 5.82. The van der Waals surface area contributed by atoms with Crippen molar-refractivity contribution in [3.05, 3.63) is 35.9 Å². The van der Waals surface area contributed by atoms with Crippen molar-refractivity contribution < 1.29 is 4.74 Å². The minimum atomic E-state index is -0.281.